The second-order valence-electron chi connectivity index (χ2n) is 6.84. The Morgan fingerprint density at radius 2 is 2.07 bits per heavy atom. The van der Waals surface area contributed by atoms with Crippen LogP contribution >= 0.6 is 0 Å². The van der Waals surface area contributed by atoms with Crippen molar-refractivity contribution in [2.75, 3.05) is 5.32 Å². The molecule has 1 aliphatic heterocycles. The summed E-state index contributed by atoms with van der Waals surface area (Å²) in [5.41, 5.74) is -0.660. The van der Waals surface area contributed by atoms with Crippen LogP contribution in [0, 0.1) is 12.3 Å². The fourth-order valence-electron chi connectivity index (χ4n) is 3.37. The topological polar surface area (TPSA) is 123 Å². The minimum atomic E-state index is -1.31. The summed E-state index contributed by atoms with van der Waals surface area (Å²) in [5, 5.41) is 22.3. The summed E-state index contributed by atoms with van der Waals surface area (Å²) >= 11 is 0. The molecule has 0 spiro atoms. The third-order valence-corrected chi connectivity index (χ3v) is 4.90. The van der Waals surface area contributed by atoms with E-state index in [1.165, 1.54) is 6.20 Å². The summed E-state index contributed by atoms with van der Waals surface area (Å²) in [6.07, 6.45) is 6.39. The van der Waals surface area contributed by atoms with E-state index in [0.717, 1.165) is 36.7 Å². The number of anilines is 1. The molecule has 2 fully saturated rings. The molecule has 0 bridgehead atoms. The molecule has 1 saturated carbocycles. The number of aliphatic hydroxyl groups is 2. The Kier molecular flexibility index (Phi) is 5.79. The third kappa shape index (κ3) is 4.13. The number of ether oxygens (including phenoxy) is 2. The molecule has 1 aliphatic carbocycles. The van der Waals surface area contributed by atoms with E-state index in [2.05, 4.69) is 16.2 Å². The van der Waals surface area contributed by atoms with Crippen LogP contribution in [0.2, 0.25) is 0 Å². The van der Waals surface area contributed by atoms with Crippen LogP contribution < -0.4 is 11.0 Å². The van der Waals surface area contributed by atoms with Gasteiger partial charge in [0.15, 0.2) is 12.0 Å². The predicted molar refractivity (Wildman–Crippen MR) is 95.0 cm³/mol. The molecule has 4 atom stereocenters. The number of terminal acetylenes is 1. The zero-order valence-electron chi connectivity index (χ0n) is 15.0. The third-order valence-electron chi connectivity index (χ3n) is 4.90. The van der Waals surface area contributed by atoms with Crippen LogP contribution in [0.25, 0.3) is 0 Å². The molecule has 1 saturated heterocycles. The van der Waals surface area contributed by atoms with Gasteiger partial charge in [0.25, 0.3) is 0 Å². The molecule has 1 amide bonds. The molecule has 9 heteroatoms. The van der Waals surface area contributed by atoms with Gasteiger partial charge >= 0.3 is 11.8 Å². The van der Waals surface area contributed by atoms with Gasteiger partial charge in [0.05, 0.1) is 11.7 Å². The number of aliphatic hydroxyl groups excluding tert-OH is 2. The molecular weight excluding hydrogens is 354 g/mol. The van der Waals surface area contributed by atoms with Crippen molar-refractivity contribution < 1.29 is 24.5 Å². The minimum absolute atomic E-state index is 0.0966. The average molecular weight is 377 g/mol. The SMILES string of the molecule is C#Cc1cn([C@@H]2O[C@H](C)[C@@H](O)[C@H]2O)c(=O)nc1NC(=O)OC1CCCCC1. The van der Waals surface area contributed by atoms with E-state index in [-0.39, 0.29) is 17.5 Å². The number of carbonyl (C=O) groups is 1. The lowest BCUT2D eigenvalue weighted by molar-refractivity contribution is -0.0350. The maximum Gasteiger partial charge on any atom is 0.413 e. The number of hydrogen-bond acceptors (Lipinski definition) is 7. The lowest BCUT2D eigenvalue weighted by Crippen LogP contribution is -2.36. The molecule has 9 nitrogen and oxygen atoms in total. The van der Waals surface area contributed by atoms with Gasteiger partial charge in [-0.3, -0.25) is 9.88 Å². The maximum absolute atomic E-state index is 12.3. The Balaban J connectivity index is 1.77. The smallest absolute Gasteiger partial charge is 0.413 e. The number of nitrogens with one attached hydrogen (secondary N) is 1. The Morgan fingerprint density at radius 3 is 2.67 bits per heavy atom. The second kappa shape index (κ2) is 8.08. The van der Waals surface area contributed by atoms with Crippen molar-refractivity contribution >= 4 is 11.9 Å². The fourth-order valence-corrected chi connectivity index (χ4v) is 3.37. The molecule has 3 rings (SSSR count). The van der Waals surface area contributed by atoms with Gasteiger partial charge in [0.2, 0.25) is 0 Å². The van der Waals surface area contributed by atoms with Crippen molar-refractivity contribution in [3.8, 4) is 12.3 Å². The van der Waals surface area contributed by atoms with Crippen molar-refractivity contribution in [1.82, 2.24) is 9.55 Å². The van der Waals surface area contributed by atoms with Crippen LogP contribution in [-0.4, -0.2) is 50.3 Å². The summed E-state index contributed by atoms with van der Waals surface area (Å²) in [4.78, 5) is 28.2. The zero-order valence-corrected chi connectivity index (χ0v) is 15.0. The van der Waals surface area contributed by atoms with Gasteiger partial charge in [0, 0.05) is 6.20 Å². The zero-order chi connectivity index (χ0) is 19.6. The molecule has 0 radical (unpaired) electrons. The van der Waals surface area contributed by atoms with Gasteiger partial charge in [0.1, 0.15) is 18.3 Å². The molecule has 1 aromatic rings. The number of hydrogen-bond donors (Lipinski definition) is 3. The van der Waals surface area contributed by atoms with Gasteiger partial charge in [-0.15, -0.1) is 6.42 Å². The highest BCUT2D eigenvalue weighted by molar-refractivity contribution is 5.85. The van der Waals surface area contributed by atoms with E-state index in [4.69, 9.17) is 15.9 Å². The molecule has 0 aromatic carbocycles. The molecule has 0 unspecified atom stereocenters. The number of rotatable bonds is 3. The lowest BCUT2D eigenvalue weighted by atomic mass is 9.98. The highest BCUT2D eigenvalue weighted by Crippen LogP contribution is 2.28. The van der Waals surface area contributed by atoms with Crippen molar-refractivity contribution in [3.63, 3.8) is 0 Å². The normalized spacial score (nSPS) is 28.5. The first kappa shape index (κ1) is 19.4. The molecular formula is C18H23N3O6. The van der Waals surface area contributed by atoms with E-state index in [1.54, 1.807) is 6.92 Å². The van der Waals surface area contributed by atoms with Crippen LogP contribution in [0.1, 0.15) is 50.8 Å². The molecule has 3 N–H and O–H groups in total. The molecule has 1 aromatic heterocycles. The van der Waals surface area contributed by atoms with Crippen molar-refractivity contribution in [3.05, 3.63) is 22.2 Å². The first-order valence-electron chi connectivity index (χ1n) is 8.99. The number of carbonyl (C=O) groups excluding carboxylic acids is 1. The first-order chi connectivity index (χ1) is 12.9. The van der Waals surface area contributed by atoms with Crippen molar-refractivity contribution in [2.45, 2.75) is 69.7 Å². The summed E-state index contributed by atoms with van der Waals surface area (Å²) in [6.45, 7) is 1.58. The number of nitrogens with zero attached hydrogens (tertiary/aromatic N) is 2. The molecule has 2 aliphatic rings. The molecule has 2 heterocycles. The summed E-state index contributed by atoms with van der Waals surface area (Å²) in [6, 6.07) is 0. The van der Waals surface area contributed by atoms with Gasteiger partial charge in [-0.2, -0.15) is 4.98 Å². The van der Waals surface area contributed by atoms with Gasteiger partial charge < -0.3 is 19.7 Å². The van der Waals surface area contributed by atoms with Crippen LogP contribution in [0.3, 0.4) is 0 Å². The fraction of sp³-hybridized carbons (Fsp3) is 0.611. The van der Waals surface area contributed by atoms with Gasteiger partial charge in [-0.05, 0) is 32.6 Å². The highest BCUT2D eigenvalue weighted by atomic mass is 16.6. The van der Waals surface area contributed by atoms with Crippen LogP contribution in [0.15, 0.2) is 11.0 Å². The summed E-state index contributed by atoms with van der Waals surface area (Å²) in [7, 11) is 0. The minimum Gasteiger partial charge on any atom is -0.446 e. The standard InChI is InChI=1S/C18H23N3O6/c1-3-11-9-21(16-14(23)13(22)10(2)26-16)17(24)19-15(11)20-18(25)27-12-7-5-4-6-8-12/h1,9-10,12-14,16,22-23H,4-8H2,2H3,(H,19,20,24,25)/t10-,13-,14-,16-/m1/s1. The average Bonchev–Trinajstić information content (AvgIpc) is 2.90. The first-order valence-corrected chi connectivity index (χ1v) is 8.99. The van der Waals surface area contributed by atoms with Crippen LogP contribution in [0.5, 0.6) is 0 Å². The Labute approximate surface area is 156 Å². The highest BCUT2D eigenvalue weighted by Gasteiger charge is 2.42. The van der Waals surface area contributed by atoms with Gasteiger partial charge in [-0.25, -0.2) is 9.59 Å². The quantitative estimate of drug-likeness (QED) is 0.664. The van der Waals surface area contributed by atoms with Gasteiger partial charge in [-0.1, -0.05) is 12.3 Å². The van der Waals surface area contributed by atoms with Crippen molar-refractivity contribution in [1.29, 1.82) is 0 Å². The summed E-state index contributed by atoms with van der Waals surface area (Å²) in [5.74, 6) is 2.24. The van der Waals surface area contributed by atoms with Crippen molar-refractivity contribution in [2.24, 2.45) is 0 Å². The molecule has 27 heavy (non-hydrogen) atoms. The number of amides is 1. The summed E-state index contributed by atoms with van der Waals surface area (Å²) < 4.78 is 11.8. The van der Waals surface area contributed by atoms with E-state index < -0.39 is 36.3 Å². The second-order valence-corrected chi connectivity index (χ2v) is 6.84. The maximum atomic E-state index is 12.3. The lowest BCUT2D eigenvalue weighted by Gasteiger charge is -2.22. The Hall–Kier alpha value is -2.41. The monoisotopic (exact) mass is 377 g/mol. The Bertz CT molecular complexity index is 795. The molecule has 146 valence electrons. The number of aromatic nitrogens is 2. The largest absolute Gasteiger partial charge is 0.446 e. The van der Waals surface area contributed by atoms with E-state index >= 15 is 0 Å². The van der Waals surface area contributed by atoms with Crippen LogP contribution in [0.4, 0.5) is 10.6 Å². The van der Waals surface area contributed by atoms with E-state index in [0.29, 0.717) is 0 Å². The van der Waals surface area contributed by atoms with E-state index in [9.17, 15) is 19.8 Å². The van der Waals surface area contributed by atoms with E-state index in [1.807, 2.05) is 0 Å². The predicted octanol–water partition coefficient (Wildman–Crippen LogP) is 0.745. The van der Waals surface area contributed by atoms with Crippen LogP contribution in [-0.2, 0) is 9.47 Å². The Morgan fingerprint density at radius 1 is 1.37 bits per heavy atom.